The van der Waals surface area contributed by atoms with Gasteiger partial charge in [0.2, 0.25) is 0 Å². The zero-order chi connectivity index (χ0) is 20.5. The van der Waals surface area contributed by atoms with Crippen LogP contribution in [0.15, 0.2) is 42.6 Å². The first-order chi connectivity index (χ1) is 14.7. The summed E-state index contributed by atoms with van der Waals surface area (Å²) in [6, 6.07) is 12.4. The summed E-state index contributed by atoms with van der Waals surface area (Å²) in [4.78, 5) is 15.5. The van der Waals surface area contributed by atoms with Crippen molar-refractivity contribution in [2.45, 2.75) is 19.3 Å². The van der Waals surface area contributed by atoms with Crippen LogP contribution in [0.2, 0.25) is 0 Å². The van der Waals surface area contributed by atoms with Gasteiger partial charge in [0.15, 0.2) is 5.82 Å². The lowest BCUT2D eigenvalue weighted by Gasteiger charge is -2.13. The Kier molecular flexibility index (Phi) is 5.01. The van der Waals surface area contributed by atoms with Crippen LogP contribution in [0.1, 0.15) is 18.5 Å². The van der Waals surface area contributed by atoms with Gasteiger partial charge in [-0.05, 0) is 50.2 Å². The third-order valence-electron chi connectivity index (χ3n) is 5.92. The molecule has 1 N–H and O–H groups in total. The molecule has 30 heavy (non-hydrogen) atoms. The minimum Gasteiger partial charge on any atom is -0.497 e. The van der Waals surface area contributed by atoms with E-state index in [0.29, 0.717) is 17.3 Å². The van der Waals surface area contributed by atoms with E-state index in [-0.39, 0.29) is 0 Å². The third-order valence-corrected chi connectivity index (χ3v) is 5.92. The molecule has 5 rings (SSSR count). The summed E-state index contributed by atoms with van der Waals surface area (Å²) in [5.41, 5.74) is 4.23. The molecule has 0 bridgehead atoms. The number of benzene rings is 2. The number of aromatic amines is 1. The smallest absolute Gasteiger partial charge is 0.159 e. The van der Waals surface area contributed by atoms with Crippen LogP contribution in [-0.2, 0) is 6.42 Å². The molecule has 6 nitrogen and oxygen atoms in total. The van der Waals surface area contributed by atoms with Gasteiger partial charge in [-0.2, -0.15) is 0 Å². The van der Waals surface area contributed by atoms with Gasteiger partial charge < -0.3 is 19.4 Å². The Morgan fingerprint density at radius 3 is 2.70 bits per heavy atom. The van der Waals surface area contributed by atoms with Gasteiger partial charge in [0.1, 0.15) is 11.5 Å². The first-order valence-electron chi connectivity index (χ1n) is 10.5. The van der Waals surface area contributed by atoms with E-state index in [0.717, 1.165) is 34.9 Å². The number of rotatable bonds is 6. The average Bonchev–Trinajstić information content (AvgIpc) is 3.45. The Hall–Kier alpha value is -3.12. The SMILES string of the molecule is COc1cc(OC)c2cnc(-c3ccc4[nH]c(CCN5CCCC5)cc4c3)nc2c1. The number of ether oxygens (including phenoxy) is 2. The quantitative estimate of drug-likeness (QED) is 0.517. The molecular formula is C24H26N4O2. The zero-order valence-corrected chi connectivity index (χ0v) is 17.4. The molecule has 0 saturated carbocycles. The molecule has 1 fully saturated rings. The first kappa shape index (κ1) is 18.9. The highest BCUT2D eigenvalue weighted by Gasteiger charge is 2.13. The number of methoxy groups -OCH3 is 2. The van der Waals surface area contributed by atoms with Crippen LogP contribution in [0, 0.1) is 0 Å². The van der Waals surface area contributed by atoms with Crippen molar-refractivity contribution in [1.82, 2.24) is 19.9 Å². The molecule has 1 saturated heterocycles. The molecule has 6 heteroatoms. The third kappa shape index (κ3) is 3.59. The van der Waals surface area contributed by atoms with Crippen molar-refractivity contribution in [3.05, 3.63) is 48.3 Å². The van der Waals surface area contributed by atoms with E-state index in [9.17, 15) is 0 Å². The van der Waals surface area contributed by atoms with Crippen LogP contribution in [0.3, 0.4) is 0 Å². The molecule has 1 aliphatic rings. The number of likely N-dealkylation sites (tertiary alicyclic amines) is 1. The van der Waals surface area contributed by atoms with E-state index < -0.39 is 0 Å². The van der Waals surface area contributed by atoms with E-state index >= 15 is 0 Å². The molecule has 1 aliphatic heterocycles. The number of fused-ring (bicyclic) bond motifs is 2. The van der Waals surface area contributed by atoms with E-state index in [2.05, 4.69) is 39.1 Å². The summed E-state index contributed by atoms with van der Waals surface area (Å²) in [5, 5.41) is 2.06. The maximum atomic E-state index is 5.47. The van der Waals surface area contributed by atoms with Crippen LogP contribution in [0.4, 0.5) is 0 Å². The maximum absolute atomic E-state index is 5.47. The fourth-order valence-corrected chi connectivity index (χ4v) is 4.26. The van der Waals surface area contributed by atoms with Gasteiger partial charge in [-0.15, -0.1) is 0 Å². The highest BCUT2D eigenvalue weighted by Crippen LogP contribution is 2.31. The Labute approximate surface area is 175 Å². The predicted molar refractivity (Wildman–Crippen MR) is 119 cm³/mol. The second-order valence-corrected chi connectivity index (χ2v) is 7.85. The lowest BCUT2D eigenvalue weighted by Crippen LogP contribution is -2.21. The molecule has 0 spiro atoms. The summed E-state index contributed by atoms with van der Waals surface area (Å²) in [6.07, 6.45) is 5.54. The van der Waals surface area contributed by atoms with Crippen LogP contribution < -0.4 is 9.47 Å². The van der Waals surface area contributed by atoms with Gasteiger partial charge in [0, 0.05) is 53.5 Å². The van der Waals surface area contributed by atoms with Crippen LogP contribution in [0.5, 0.6) is 11.5 Å². The maximum Gasteiger partial charge on any atom is 0.159 e. The van der Waals surface area contributed by atoms with Crippen molar-refractivity contribution in [2.75, 3.05) is 33.9 Å². The molecule has 2 aromatic carbocycles. The summed E-state index contributed by atoms with van der Waals surface area (Å²) in [6.45, 7) is 3.59. The minimum absolute atomic E-state index is 0.694. The fraction of sp³-hybridized carbons (Fsp3) is 0.333. The molecule has 2 aromatic heterocycles. The Morgan fingerprint density at radius 2 is 1.90 bits per heavy atom. The summed E-state index contributed by atoms with van der Waals surface area (Å²) >= 11 is 0. The standard InChI is InChI=1S/C24H26N4O2/c1-29-19-13-22-20(23(14-19)30-2)15-25-24(27-22)16-5-6-21-17(11-16)12-18(26-21)7-10-28-8-3-4-9-28/h5-6,11-15,26H,3-4,7-10H2,1-2H3. The monoisotopic (exact) mass is 402 g/mol. The highest BCUT2D eigenvalue weighted by molar-refractivity contribution is 5.89. The number of aromatic nitrogens is 3. The van der Waals surface area contributed by atoms with E-state index in [1.54, 1.807) is 14.2 Å². The van der Waals surface area contributed by atoms with Gasteiger partial charge >= 0.3 is 0 Å². The van der Waals surface area contributed by atoms with E-state index in [4.69, 9.17) is 14.5 Å². The molecule has 154 valence electrons. The second-order valence-electron chi connectivity index (χ2n) is 7.85. The van der Waals surface area contributed by atoms with Crippen LogP contribution >= 0.6 is 0 Å². The normalized spacial score (nSPS) is 14.6. The molecule has 0 aliphatic carbocycles. The van der Waals surface area contributed by atoms with Gasteiger partial charge in [-0.1, -0.05) is 0 Å². The van der Waals surface area contributed by atoms with Crippen LogP contribution in [0.25, 0.3) is 33.2 Å². The molecule has 0 amide bonds. The Bertz CT molecular complexity index is 1190. The molecule has 0 unspecified atom stereocenters. The van der Waals surface area contributed by atoms with Crippen molar-refractivity contribution >= 4 is 21.8 Å². The highest BCUT2D eigenvalue weighted by atomic mass is 16.5. The van der Waals surface area contributed by atoms with Gasteiger partial charge in [0.25, 0.3) is 0 Å². The van der Waals surface area contributed by atoms with E-state index in [1.807, 2.05) is 18.3 Å². The summed E-state index contributed by atoms with van der Waals surface area (Å²) in [7, 11) is 3.28. The van der Waals surface area contributed by atoms with Gasteiger partial charge in [-0.25, -0.2) is 9.97 Å². The van der Waals surface area contributed by atoms with E-state index in [1.165, 1.54) is 37.0 Å². The summed E-state index contributed by atoms with van der Waals surface area (Å²) in [5.74, 6) is 2.12. The zero-order valence-electron chi connectivity index (χ0n) is 17.4. The van der Waals surface area contributed by atoms with Crippen molar-refractivity contribution in [2.24, 2.45) is 0 Å². The lowest BCUT2D eigenvalue weighted by atomic mass is 10.1. The van der Waals surface area contributed by atoms with Crippen molar-refractivity contribution in [3.63, 3.8) is 0 Å². The van der Waals surface area contributed by atoms with Gasteiger partial charge in [-0.3, -0.25) is 0 Å². The average molecular weight is 402 g/mol. The largest absolute Gasteiger partial charge is 0.497 e. The number of hydrogen-bond donors (Lipinski definition) is 1. The Morgan fingerprint density at radius 1 is 1.03 bits per heavy atom. The number of H-pyrrole nitrogens is 1. The van der Waals surface area contributed by atoms with Gasteiger partial charge in [0.05, 0.1) is 25.1 Å². The van der Waals surface area contributed by atoms with Crippen LogP contribution in [-0.4, -0.2) is 53.7 Å². The summed E-state index contributed by atoms with van der Waals surface area (Å²) < 4.78 is 10.9. The number of nitrogens with one attached hydrogen (secondary N) is 1. The predicted octanol–water partition coefficient (Wildman–Crippen LogP) is 4.43. The molecule has 3 heterocycles. The van der Waals surface area contributed by atoms with Crippen molar-refractivity contribution < 1.29 is 9.47 Å². The fourth-order valence-electron chi connectivity index (χ4n) is 4.26. The molecule has 0 radical (unpaired) electrons. The molecular weight excluding hydrogens is 376 g/mol. The first-order valence-corrected chi connectivity index (χ1v) is 10.5. The topological polar surface area (TPSA) is 63.3 Å². The molecule has 4 aromatic rings. The number of hydrogen-bond acceptors (Lipinski definition) is 5. The lowest BCUT2D eigenvalue weighted by molar-refractivity contribution is 0.342. The minimum atomic E-state index is 0.694. The Balaban J connectivity index is 1.45. The van der Waals surface area contributed by atoms with Crippen molar-refractivity contribution in [3.8, 4) is 22.9 Å². The van der Waals surface area contributed by atoms with Crippen molar-refractivity contribution in [1.29, 1.82) is 0 Å². The number of nitrogens with zero attached hydrogens (tertiary/aromatic N) is 3. The molecule has 0 atom stereocenters. The second kappa shape index (κ2) is 7.95.